The molecule has 0 aliphatic carbocycles. The zero-order chi connectivity index (χ0) is 15.2. The Bertz CT molecular complexity index is 396. The molecule has 0 saturated carbocycles. The van der Waals surface area contributed by atoms with Gasteiger partial charge in [0.15, 0.2) is 5.78 Å². The quantitative estimate of drug-likeness (QED) is 0.557. The number of hydrogen-bond acceptors (Lipinski definition) is 5. The Morgan fingerprint density at radius 3 is 2.57 bits per heavy atom. The van der Waals surface area contributed by atoms with Crippen molar-refractivity contribution in [2.75, 3.05) is 39.8 Å². The standard InChI is InChI=1S/C15H24N2O4/c1-21-15(20)12-11-17(10-5-13(12)18)14(19)6-9-16-7-3-2-4-8-16/h12H,2-11H2,1H3. The van der Waals surface area contributed by atoms with Crippen molar-refractivity contribution in [3.05, 3.63) is 0 Å². The second kappa shape index (κ2) is 7.54. The monoisotopic (exact) mass is 296 g/mol. The smallest absolute Gasteiger partial charge is 0.318 e. The van der Waals surface area contributed by atoms with Crippen LogP contribution >= 0.6 is 0 Å². The molecule has 2 aliphatic rings. The molecule has 1 unspecified atom stereocenters. The number of nitrogens with zero attached hydrogens (tertiary/aromatic N) is 2. The van der Waals surface area contributed by atoms with Crippen molar-refractivity contribution in [1.29, 1.82) is 0 Å². The molecule has 2 rings (SSSR count). The molecule has 2 aliphatic heterocycles. The molecule has 0 N–H and O–H groups in total. The van der Waals surface area contributed by atoms with E-state index in [1.54, 1.807) is 4.90 Å². The van der Waals surface area contributed by atoms with E-state index in [1.165, 1.54) is 26.4 Å². The van der Waals surface area contributed by atoms with Gasteiger partial charge in [-0.3, -0.25) is 14.4 Å². The average Bonchev–Trinajstić information content (AvgIpc) is 2.53. The number of likely N-dealkylation sites (tertiary alicyclic amines) is 2. The first-order valence-electron chi connectivity index (χ1n) is 7.72. The lowest BCUT2D eigenvalue weighted by Crippen LogP contribution is -2.47. The number of esters is 1. The van der Waals surface area contributed by atoms with Crippen LogP contribution in [-0.2, 0) is 19.1 Å². The maximum absolute atomic E-state index is 12.2. The topological polar surface area (TPSA) is 66.9 Å². The van der Waals surface area contributed by atoms with Gasteiger partial charge in [-0.25, -0.2) is 0 Å². The van der Waals surface area contributed by atoms with Gasteiger partial charge in [0, 0.05) is 32.5 Å². The molecule has 0 aromatic heterocycles. The molecule has 21 heavy (non-hydrogen) atoms. The highest BCUT2D eigenvalue weighted by atomic mass is 16.5. The third-order valence-corrected chi connectivity index (χ3v) is 4.35. The van der Waals surface area contributed by atoms with E-state index in [2.05, 4.69) is 9.64 Å². The van der Waals surface area contributed by atoms with Gasteiger partial charge in [0.05, 0.1) is 7.11 Å². The van der Waals surface area contributed by atoms with Crippen LogP contribution in [0.2, 0.25) is 0 Å². The Balaban J connectivity index is 1.81. The first-order chi connectivity index (χ1) is 10.1. The second-order valence-electron chi connectivity index (χ2n) is 5.78. The summed E-state index contributed by atoms with van der Waals surface area (Å²) in [6.45, 7) is 3.49. The Morgan fingerprint density at radius 1 is 1.19 bits per heavy atom. The van der Waals surface area contributed by atoms with Crippen molar-refractivity contribution in [3.63, 3.8) is 0 Å². The van der Waals surface area contributed by atoms with Gasteiger partial charge in [-0.1, -0.05) is 6.42 Å². The van der Waals surface area contributed by atoms with Gasteiger partial charge in [0.2, 0.25) is 5.91 Å². The van der Waals surface area contributed by atoms with E-state index in [0.717, 1.165) is 19.6 Å². The maximum atomic E-state index is 12.2. The summed E-state index contributed by atoms with van der Waals surface area (Å²) in [5, 5.41) is 0. The molecule has 0 aromatic carbocycles. The number of rotatable bonds is 4. The lowest BCUT2D eigenvalue weighted by molar-refractivity contribution is -0.153. The van der Waals surface area contributed by atoms with Gasteiger partial charge in [-0.05, 0) is 25.9 Å². The summed E-state index contributed by atoms with van der Waals surface area (Å²) in [7, 11) is 1.27. The Hall–Kier alpha value is -1.43. The van der Waals surface area contributed by atoms with Gasteiger partial charge in [0.25, 0.3) is 0 Å². The highest BCUT2D eigenvalue weighted by Crippen LogP contribution is 2.16. The first-order valence-corrected chi connectivity index (χ1v) is 7.72. The second-order valence-corrected chi connectivity index (χ2v) is 5.78. The number of amides is 1. The van der Waals surface area contributed by atoms with Crippen LogP contribution in [0.15, 0.2) is 0 Å². The van der Waals surface area contributed by atoms with Crippen molar-refractivity contribution in [2.45, 2.75) is 32.1 Å². The van der Waals surface area contributed by atoms with Crippen LogP contribution in [0.25, 0.3) is 0 Å². The summed E-state index contributed by atoms with van der Waals surface area (Å²) >= 11 is 0. The number of ketones is 1. The zero-order valence-electron chi connectivity index (χ0n) is 12.7. The van der Waals surface area contributed by atoms with Crippen LogP contribution in [0.1, 0.15) is 32.1 Å². The van der Waals surface area contributed by atoms with Crippen LogP contribution in [0.5, 0.6) is 0 Å². The van der Waals surface area contributed by atoms with Gasteiger partial charge in [-0.15, -0.1) is 0 Å². The molecular weight excluding hydrogens is 272 g/mol. The summed E-state index contributed by atoms with van der Waals surface area (Å²) in [5.74, 6) is -1.43. The maximum Gasteiger partial charge on any atom is 0.318 e. The van der Waals surface area contributed by atoms with E-state index < -0.39 is 11.9 Å². The van der Waals surface area contributed by atoms with Crippen LogP contribution in [0, 0.1) is 5.92 Å². The average molecular weight is 296 g/mol. The first kappa shape index (κ1) is 15.9. The predicted octanol–water partition coefficient (Wildman–Crippen LogP) is 0.453. The fraction of sp³-hybridized carbons (Fsp3) is 0.800. The fourth-order valence-electron chi connectivity index (χ4n) is 3.00. The van der Waals surface area contributed by atoms with Crippen molar-refractivity contribution < 1.29 is 19.1 Å². The lowest BCUT2D eigenvalue weighted by atomic mass is 9.96. The molecule has 0 aromatic rings. The van der Waals surface area contributed by atoms with E-state index in [0.29, 0.717) is 13.0 Å². The molecule has 118 valence electrons. The molecule has 2 saturated heterocycles. The third kappa shape index (κ3) is 4.27. The highest BCUT2D eigenvalue weighted by molar-refractivity contribution is 6.00. The summed E-state index contributed by atoms with van der Waals surface area (Å²) < 4.78 is 4.64. The van der Waals surface area contributed by atoms with Gasteiger partial charge < -0.3 is 14.5 Å². The van der Waals surface area contributed by atoms with E-state index in [4.69, 9.17) is 0 Å². The molecule has 6 nitrogen and oxygen atoms in total. The van der Waals surface area contributed by atoms with Gasteiger partial charge in [-0.2, -0.15) is 0 Å². The predicted molar refractivity (Wildman–Crippen MR) is 76.6 cm³/mol. The molecule has 0 spiro atoms. The largest absolute Gasteiger partial charge is 0.468 e. The normalized spacial score (nSPS) is 24.0. The molecule has 6 heteroatoms. The molecule has 1 amide bonds. The molecule has 1 atom stereocenters. The number of carbonyl (C=O) groups is 3. The minimum Gasteiger partial charge on any atom is -0.468 e. The molecule has 2 fully saturated rings. The molecule has 0 bridgehead atoms. The minimum absolute atomic E-state index is 0.0296. The number of methoxy groups -OCH3 is 1. The molecule has 2 heterocycles. The number of carbonyl (C=O) groups excluding carboxylic acids is 3. The Kier molecular flexibility index (Phi) is 5.73. The minimum atomic E-state index is -0.803. The van der Waals surface area contributed by atoms with Crippen molar-refractivity contribution in [1.82, 2.24) is 9.80 Å². The van der Waals surface area contributed by atoms with E-state index in [-0.39, 0.29) is 24.7 Å². The van der Waals surface area contributed by atoms with E-state index in [1.807, 2.05) is 0 Å². The SMILES string of the molecule is COC(=O)C1CN(C(=O)CCN2CCCCC2)CCC1=O. The number of Topliss-reactive ketones (excluding diaryl/α,β-unsaturated/α-hetero) is 1. The summed E-state index contributed by atoms with van der Waals surface area (Å²) in [6, 6.07) is 0. The van der Waals surface area contributed by atoms with Crippen LogP contribution < -0.4 is 0 Å². The van der Waals surface area contributed by atoms with Gasteiger partial charge in [0.1, 0.15) is 5.92 Å². The summed E-state index contributed by atoms with van der Waals surface area (Å²) in [6.07, 6.45) is 4.39. The summed E-state index contributed by atoms with van der Waals surface area (Å²) in [5.41, 5.74) is 0. The van der Waals surface area contributed by atoms with E-state index in [9.17, 15) is 14.4 Å². The van der Waals surface area contributed by atoms with Crippen molar-refractivity contribution in [3.8, 4) is 0 Å². The molecular formula is C15H24N2O4. The van der Waals surface area contributed by atoms with Gasteiger partial charge >= 0.3 is 5.97 Å². The zero-order valence-corrected chi connectivity index (χ0v) is 12.7. The van der Waals surface area contributed by atoms with Crippen molar-refractivity contribution >= 4 is 17.7 Å². The van der Waals surface area contributed by atoms with Crippen molar-refractivity contribution in [2.24, 2.45) is 5.92 Å². The number of ether oxygens (including phenoxy) is 1. The highest BCUT2D eigenvalue weighted by Gasteiger charge is 2.35. The third-order valence-electron chi connectivity index (χ3n) is 4.35. The van der Waals surface area contributed by atoms with Crippen LogP contribution in [0.3, 0.4) is 0 Å². The van der Waals surface area contributed by atoms with E-state index >= 15 is 0 Å². The molecule has 0 radical (unpaired) electrons. The fourth-order valence-corrected chi connectivity index (χ4v) is 3.00. The lowest BCUT2D eigenvalue weighted by Gasteiger charge is -2.32. The number of hydrogen-bond donors (Lipinski definition) is 0. The van der Waals surface area contributed by atoms with Crippen LogP contribution in [-0.4, -0.2) is 67.3 Å². The number of piperidine rings is 2. The summed E-state index contributed by atoms with van der Waals surface area (Å²) in [4.78, 5) is 39.5. The Morgan fingerprint density at radius 2 is 1.90 bits per heavy atom. The van der Waals surface area contributed by atoms with Crippen LogP contribution in [0.4, 0.5) is 0 Å². The Labute approximate surface area is 125 Å².